The van der Waals surface area contributed by atoms with Crippen LogP contribution < -0.4 is 10.6 Å². The Morgan fingerprint density at radius 3 is 2.59 bits per heavy atom. The van der Waals surface area contributed by atoms with E-state index in [1.807, 2.05) is 0 Å². The van der Waals surface area contributed by atoms with E-state index in [1.165, 1.54) is 12.8 Å². The third-order valence-electron chi connectivity index (χ3n) is 4.75. The minimum Gasteiger partial charge on any atom is -0.379 e. The van der Waals surface area contributed by atoms with Crippen molar-refractivity contribution in [2.24, 2.45) is 5.92 Å². The SMILES string of the molecule is CC(C)(C)S(=O)(=O)CCNC1CCCC1C1COCCN1.Cl. The molecule has 2 rings (SSSR count). The van der Waals surface area contributed by atoms with E-state index in [0.29, 0.717) is 24.5 Å². The van der Waals surface area contributed by atoms with Crippen molar-refractivity contribution in [1.82, 2.24) is 10.6 Å². The van der Waals surface area contributed by atoms with Crippen LogP contribution in [0.1, 0.15) is 40.0 Å². The fraction of sp³-hybridized carbons (Fsp3) is 1.00. The number of ether oxygens (including phenoxy) is 1. The topological polar surface area (TPSA) is 67.4 Å². The smallest absolute Gasteiger partial charge is 0.156 e. The lowest BCUT2D eigenvalue weighted by Gasteiger charge is -2.33. The van der Waals surface area contributed by atoms with Gasteiger partial charge in [-0.3, -0.25) is 0 Å². The zero-order valence-corrected chi connectivity index (χ0v) is 15.6. The van der Waals surface area contributed by atoms with Crippen LogP contribution in [0.15, 0.2) is 0 Å². The van der Waals surface area contributed by atoms with Crippen molar-refractivity contribution >= 4 is 22.2 Å². The summed E-state index contributed by atoms with van der Waals surface area (Å²) in [7, 11) is -3.03. The maximum Gasteiger partial charge on any atom is 0.156 e. The molecule has 1 saturated heterocycles. The molecule has 5 nitrogen and oxygen atoms in total. The monoisotopic (exact) mass is 354 g/mol. The Balaban J connectivity index is 0.00000242. The van der Waals surface area contributed by atoms with Crippen LogP contribution in [0, 0.1) is 5.92 Å². The van der Waals surface area contributed by atoms with Crippen molar-refractivity contribution in [3.05, 3.63) is 0 Å². The zero-order valence-electron chi connectivity index (χ0n) is 13.9. The number of nitrogens with one attached hydrogen (secondary N) is 2. The summed E-state index contributed by atoms with van der Waals surface area (Å²) >= 11 is 0. The average molecular weight is 355 g/mol. The van der Waals surface area contributed by atoms with Crippen LogP contribution in [0.5, 0.6) is 0 Å². The van der Waals surface area contributed by atoms with Gasteiger partial charge in [0.2, 0.25) is 0 Å². The van der Waals surface area contributed by atoms with Crippen LogP contribution >= 0.6 is 12.4 Å². The van der Waals surface area contributed by atoms with E-state index in [2.05, 4.69) is 10.6 Å². The normalized spacial score (nSPS) is 30.0. The van der Waals surface area contributed by atoms with Crippen molar-refractivity contribution in [3.63, 3.8) is 0 Å². The van der Waals surface area contributed by atoms with Crippen molar-refractivity contribution in [2.45, 2.75) is 56.9 Å². The molecule has 0 aromatic carbocycles. The van der Waals surface area contributed by atoms with Gasteiger partial charge in [0, 0.05) is 25.2 Å². The number of rotatable bonds is 5. The third kappa shape index (κ3) is 5.06. The molecule has 0 amide bonds. The number of hydrogen-bond donors (Lipinski definition) is 2. The van der Waals surface area contributed by atoms with Gasteiger partial charge in [0.25, 0.3) is 0 Å². The molecule has 2 fully saturated rings. The van der Waals surface area contributed by atoms with Gasteiger partial charge in [-0.15, -0.1) is 12.4 Å². The Bertz CT molecular complexity index is 431. The molecule has 0 bridgehead atoms. The second-order valence-corrected chi connectivity index (χ2v) is 10.1. The van der Waals surface area contributed by atoms with E-state index >= 15 is 0 Å². The standard InChI is InChI=1S/C15H30N2O3S.ClH/c1-15(2,3)21(18,19)10-8-17-13-6-4-5-12(13)14-11-20-9-7-16-14;/h12-14,16-17H,4-11H2,1-3H3;1H. The van der Waals surface area contributed by atoms with Crippen molar-refractivity contribution in [3.8, 4) is 0 Å². The lowest BCUT2D eigenvalue weighted by Crippen LogP contribution is -2.51. The van der Waals surface area contributed by atoms with E-state index in [-0.39, 0.29) is 18.2 Å². The molecule has 132 valence electrons. The first kappa shape index (κ1) is 20.2. The fourth-order valence-corrected chi connectivity index (χ4v) is 4.27. The molecule has 2 N–H and O–H groups in total. The molecule has 1 aliphatic heterocycles. The molecule has 22 heavy (non-hydrogen) atoms. The average Bonchev–Trinajstić information content (AvgIpc) is 2.86. The highest BCUT2D eigenvalue weighted by atomic mass is 35.5. The van der Waals surface area contributed by atoms with Crippen LogP contribution in [0.2, 0.25) is 0 Å². The van der Waals surface area contributed by atoms with Crippen LogP contribution in [0.4, 0.5) is 0 Å². The maximum absolute atomic E-state index is 12.1. The van der Waals surface area contributed by atoms with Gasteiger partial charge in [-0.05, 0) is 39.5 Å². The molecule has 0 spiro atoms. The Morgan fingerprint density at radius 1 is 1.27 bits per heavy atom. The Hall–Kier alpha value is 0.120. The summed E-state index contributed by atoms with van der Waals surface area (Å²) in [5, 5.41) is 7.02. The first-order valence-electron chi connectivity index (χ1n) is 8.08. The lowest BCUT2D eigenvalue weighted by atomic mass is 9.94. The summed E-state index contributed by atoms with van der Waals surface area (Å²) in [6, 6.07) is 0.831. The number of sulfone groups is 1. The summed E-state index contributed by atoms with van der Waals surface area (Å²) in [6.45, 7) is 8.35. The molecule has 3 atom stereocenters. The third-order valence-corrected chi connectivity index (χ3v) is 7.35. The molecule has 0 radical (unpaired) electrons. The van der Waals surface area contributed by atoms with Crippen molar-refractivity contribution < 1.29 is 13.2 Å². The summed E-state index contributed by atoms with van der Waals surface area (Å²) in [6.07, 6.45) is 3.55. The van der Waals surface area contributed by atoms with Gasteiger partial charge in [-0.1, -0.05) is 6.42 Å². The first-order valence-corrected chi connectivity index (χ1v) is 9.73. The highest BCUT2D eigenvalue weighted by Crippen LogP contribution is 2.29. The van der Waals surface area contributed by atoms with Crippen LogP contribution in [-0.2, 0) is 14.6 Å². The Labute approximate surface area is 141 Å². The van der Waals surface area contributed by atoms with Gasteiger partial charge in [0.1, 0.15) is 0 Å². The molecule has 1 aliphatic carbocycles. The largest absolute Gasteiger partial charge is 0.379 e. The van der Waals surface area contributed by atoms with Crippen LogP contribution in [0.25, 0.3) is 0 Å². The minimum atomic E-state index is -3.03. The molecule has 0 aromatic heterocycles. The van der Waals surface area contributed by atoms with E-state index < -0.39 is 14.6 Å². The molecule has 7 heteroatoms. The predicted molar refractivity (Wildman–Crippen MR) is 92.5 cm³/mol. The molecule has 3 unspecified atom stereocenters. The van der Waals surface area contributed by atoms with Gasteiger partial charge in [0.05, 0.1) is 23.7 Å². The molecular weight excluding hydrogens is 324 g/mol. The van der Waals surface area contributed by atoms with Crippen LogP contribution in [-0.4, -0.2) is 57.3 Å². The summed E-state index contributed by atoms with van der Waals surface area (Å²) in [5.74, 6) is 0.775. The van der Waals surface area contributed by atoms with Crippen molar-refractivity contribution in [2.75, 3.05) is 32.1 Å². The van der Waals surface area contributed by atoms with E-state index in [4.69, 9.17) is 4.74 Å². The van der Waals surface area contributed by atoms with Crippen molar-refractivity contribution in [1.29, 1.82) is 0 Å². The second-order valence-electron chi connectivity index (χ2n) is 7.22. The van der Waals surface area contributed by atoms with Gasteiger partial charge in [0.15, 0.2) is 9.84 Å². The lowest BCUT2D eigenvalue weighted by molar-refractivity contribution is 0.0527. The maximum atomic E-state index is 12.1. The van der Waals surface area contributed by atoms with E-state index in [1.54, 1.807) is 20.8 Å². The summed E-state index contributed by atoms with van der Waals surface area (Å²) in [5.41, 5.74) is 0. The second kappa shape index (κ2) is 8.29. The van der Waals surface area contributed by atoms with Crippen LogP contribution in [0.3, 0.4) is 0 Å². The van der Waals surface area contributed by atoms with E-state index in [9.17, 15) is 8.42 Å². The molecule has 1 saturated carbocycles. The summed E-state index contributed by atoms with van der Waals surface area (Å²) < 4.78 is 29.2. The minimum absolute atomic E-state index is 0. The quantitative estimate of drug-likeness (QED) is 0.780. The van der Waals surface area contributed by atoms with E-state index in [0.717, 1.165) is 26.2 Å². The Morgan fingerprint density at radius 2 is 2.00 bits per heavy atom. The highest BCUT2D eigenvalue weighted by Gasteiger charge is 2.35. The van der Waals surface area contributed by atoms with Gasteiger partial charge >= 0.3 is 0 Å². The zero-order chi connectivity index (χ0) is 15.5. The molecule has 0 aromatic rings. The fourth-order valence-electron chi connectivity index (χ4n) is 3.27. The van der Waals surface area contributed by atoms with Gasteiger partial charge in [-0.25, -0.2) is 8.42 Å². The van der Waals surface area contributed by atoms with Gasteiger partial charge < -0.3 is 15.4 Å². The van der Waals surface area contributed by atoms with Gasteiger partial charge in [-0.2, -0.15) is 0 Å². The number of hydrogen-bond acceptors (Lipinski definition) is 5. The Kier molecular flexibility index (Phi) is 7.60. The number of halogens is 1. The molecule has 1 heterocycles. The summed E-state index contributed by atoms with van der Waals surface area (Å²) in [4.78, 5) is 0. The molecular formula is C15H31ClN2O3S. The predicted octanol–water partition coefficient (Wildman–Crippen LogP) is 1.37. The highest BCUT2D eigenvalue weighted by molar-refractivity contribution is 7.92. The molecule has 2 aliphatic rings. The first-order chi connectivity index (χ1) is 9.81. The number of morpholine rings is 1.